The molecule has 0 N–H and O–H groups in total. The fourth-order valence-electron chi connectivity index (χ4n) is 5.25. The quantitative estimate of drug-likeness (QED) is 0.463. The molecule has 1 unspecified atom stereocenters. The van der Waals surface area contributed by atoms with Crippen molar-refractivity contribution in [3.63, 3.8) is 0 Å². The number of benzene rings is 1. The van der Waals surface area contributed by atoms with E-state index in [2.05, 4.69) is 7.05 Å². The second-order valence-electron chi connectivity index (χ2n) is 9.07. The second kappa shape index (κ2) is 9.28. The Balaban J connectivity index is 0.00000225. The lowest BCUT2D eigenvalue weighted by Gasteiger charge is -2.50. The van der Waals surface area contributed by atoms with Crippen molar-refractivity contribution in [2.24, 2.45) is 11.8 Å². The van der Waals surface area contributed by atoms with E-state index in [1.807, 2.05) is 0 Å². The Morgan fingerprint density at radius 2 is 1.82 bits per heavy atom. The van der Waals surface area contributed by atoms with Gasteiger partial charge in [-0.2, -0.15) is 0 Å². The lowest BCUT2D eigenvalue weighted by molar-refractivity contribution is -0.928. The molecule has 1 amide bonds. The maximum absolute atomic E-state index is 14.5. The van der Waals surface area contributed by atoms with Crippen LogP contribution in [0.4, 0.5) is 14.9 Å². The van der Waals surface area contributed by atoms with Gasteiger partial charge >= 0.3 is 6.09 Å². The Hall–Kier alpha value is -0.890. The van der Waals surface area contributed by atoms with E-state index in [1.54, 1.807) is 23.1 Å². The Morgan fingerprint density at radius 3 is 2.46 bits per heavy atom. The maximum atomic E-state index is 14.5. The van der Waals surface area contributed by atoms with Crippen molar-refractivity contribution in [1.29, 1.82) is 0 Å². The van der Waals surface area contributed by atoms with E-state index in [0.29, 0.717) is 24.1 Å². The van der Waals surface area contributed by atoms with E-state index in [4.69, 9.17) is 4.74 Å². The van der Waals surface area contributed by atoms with E-state index in [9.17, 15) is 9.18 Å². The Kier molecular flexibility index (Phi) is 7.23. The molecule has 4 nitrogen and oxygen atoms in total. The van der Waals surface area contributed by atoms with Crippen LogP contribution in [0.15, 0.2) is 24.3 Å². The highest BCUT2D eigenvalue weighted by Crippen LogP contribution is 2.35. The molecule has 4 aliphatic rings. The van der Waals surface area contributed by atoms with Crippen molar-refractivity contribution < 1.29 is 42.4 Å². The molecule has 3 saturated heterocycles. The Morgan fingerprint density at radius 1 is 1.14 bits per heavy atom. The standard InChI is InChI=1S/C22H32FN2O2.HI/c1-25-13-11-18(12-14-25)21(16-25)27-22(26)24(15-17-7-3-2-4-8-17)20-10-6-5-9-19(20)23;/h5-6,9-10,17-18,21H,2-4,7-8,11-16H2,1H3;1H/q+1;/p-1. The van der Waals surface area contributed by atoms with Gasteiger partial charge in [-0.3, -0.25) is 4.90 Å². The number of amides is 1. The van der Waals surface area contributed by atoms with E-state index in [1.165, 1.54) is 38.4 Å². The van der Waals surface area contributed by atoms with Gasteiger partial charge in [-0.05, 0) is 30.9 Å². The second-order valence-corrected chi connectivity index (χ2v) is 9.07. The van der Waals surface area contributed by atoms with Gasteiger partial charge in [-0.25, -0.2) is 9.18 Å². The number of carbonyl (C=O) groups excluding carboxylic acids is 1. The zero-order valence-electron chi connectivity index (χ0n) is 16.8. The van der Waals surface area contributed by atoms with Crippen LogP contribution in [0.3, 0.4) is 0 Å². The lowest BCUT2D eigenvalue weighted by atomic mass is 9.84. The Labute approximate surface area is 185 Å². The first-order valence-corrected chi connectivity index (χ1v) is 10.6. The fourth-order valence-corrected chi connectivity index (χ4v) is 5.25. The zero-order chi connectivity index (χ0) is 18.9. The number of hydrogen-bond donors (Lipinski definition) is 0. The molecule has 4 fully saturated rings. The Bertz CT molecular complexity index is 672. The highest BCUT2D eigenvalue weighted by molar-refractivity contribution is 5.88. The number of fused-ring (bicyclic) bond motifs is 3. The number of para-hydroxylation sites is 1. The number of carbonyl (C=O) groups is 1. The number of piperidine rings is 3. The summed E-state index contributed by atoms with van der Waals surface area (Å²) in [6, 6.07) is 6.59. The number of nitrogens with zero attached hydrogens (tertiary/aromatic N) is 2. The number of ether oxygens (including phenoxy) is 1. The van der Waals surface area contributed by atoms with Crippen LogP contribution in [-0.4, -0.2) is 49.9 Å². The summed E-state index contributed by atoms with van der Waals surface area (Å²) in [7, 11) is 2.26. The third-order valence-corrected chi connectivity index (χ3v) is 7.01. The van der Waals surface area contributed by atoms with E-state index >= 15 is 0 Å². The van der Waals surface area contributed by atoms with Gasteiger partial charge in [0, 0.05) is 25.3 Å². The van der Waals surface area contributed by atoms with Crippen molar-refractivity contribution in [3.8, 4) is 0 Å². The molecule has 1 aliphatic carbocycles. The summed E-state index contributed by atoms with van der Waals surface area (Å²) in [5.74, 6) is 0.547. The molecule has 1 saturated carbocycles. The van der Waals surface area contributed by atoms with Gasteiger partial charge in [0.15, 0.2) is 6.10 Å². The van der Waals surface area contributed by atoms with Gasteiger partial charge in [-0.15, -0.1) is 0 Å². The minimum atomic E-state index is -0.365. The van der Waals surface area contributed by atoms with Crippen molar-refractivity contribution in [1.82, 2.24) is 0 Å². The van der Waals surface area contributed by atoms with Crippen LogP contribution in [0.25, 0.3) is 0 Å². The predicted molar refractivity (Wildman–Crippen MR) is 104 cm³/mol. The van der Waals surface area contributed by atoms with Crippen molar-refractivity contribution >= 4 is 11.8 Å². The van der Waals surface area contributed by atoms with Crippen molar-refractivity contribution in [2.45, 2.75) is 51.0 Å². The molecule has 1 aromatic rings. The zero-order valence-corrected chi connectivity index (χ0v) is 18.9. The minimum Gasteiger partial charge on any atom is -1.00 e. The molecule has 3 aliphatic heterocycles. The summed E-state index contributed by atoms with van der Waals surface area (Å²) in [5, 5.41) is 0. The summed E-state index contributed by atoms with van der Waals surface area (Å²) < 4.78 is 21.5. The van der Waals surface area contributed by atoms with Crippen LogP contribution in [0, 0.1) is 17.7 Å². The SMILES string of the molecule is C[N+]12CCC(CC1)C(OC(=O)N(CC1CCCCC1)c1ccccc1F)C2.[I-]. The number of likely N-dealkylation sites (N-methyl/N-ethyl adjacent to an activating group) is 1. The lowest BCUT2D eigenvalue weighted by Crippen LogP contribution is -3.00. The van der Waals surface area contributed by atoms with Gasteiger partial charge in [0.2, 0.25) is 0 Å². The smallest absolute Gasteiger partial charge is 0.414 e. The molecular formula is C22H32FIN2O2. The van der Waals surface area contributed by atoms with Crippen LogP contribution >= 0.6 is 0 Å². The van der Waals surface area contributed by atoms with Gasteiger partial charge in [0.05, 0.1) is 25.8 Å². The average molecular weight is 502 g/mol. The topological polar surface area (TPSA) is 29.5 Å². The molecule has 28 heavy (non-hydrogen) atoms. The first-order valence-electron chi connectivity index (χ1n) is 10.6. The van der Waals surface area contributed by atoms with E-state index < -0.39 is 0 Å². The molecule has 3 heterocycles. The highest BCUT2D eigenvalue weighted by atomic mass is 127. The molecule has 0 spiro atoms. The maximum Gasteiger partial charge on any atom is 0.414 e. The molecule has 5 rings (SSSR count). The van der Waals surface area contributed by atoms with Crippen LogP contribution < -0.4 is 28.9 Å². The number of halogens is 2. The highest BCUT2D eigenvalue weighted by Gasteiger charge is 2.45. The average Bonchev–Trinajstić information content (AvgIpc) is 2.68. The normalized spacial score (nSPS) is 29.8. The first kappa shape index (κ1) is 21.8. The first-order chi connectivity index (χ1) is 13.0. The summed E-state index contributed by atoms with van der Waals surface area (Å²) in [5.41, 5.74) is 0.356. The van der Waals surface area contributed by atoms with Crippen molar-refractivity contribution in [3.05, 3.63) is 30.1 Å². The molecule has 1 atom stereocenters. The summed E-state index contributed by atoms with van der Waals surface area (Å²) in [6.07, 6.45) is 7.73. The van der Waals surface area contributed by atoms with E-state index in [0.717, 1.165) is 36.7 Å². The fraction of sp³-hybridized carbons (Fsp3) is 0.682. The number of anilines is 1. The molecular weight excluding hydrogens is 470 g/mol. The number of hydrogen-bond acceptors (Lipinski definition) is 2. The summed E-state index contributed by atoms with van der Waals surface area (Å²) in [6.45, 7) is 3.81. The van der Waals surface area contributed by atoms with Gasteiger partial charge in [0.25, 0.3) is 0 Å². The molecule has 2 bridgehead atoms. The summed E-state index contributed by atoms with van der Waals surface area (Å²) in [4.78, 5) is 14.7. The number of quaternary nitrogens is 1. The van der Waals surface area contributed by atoms with Crippen LogP contribution in [0.1, 0.15) is 44.9 Å². The molecule has 0 radical (unpaired) electrons. The molecule has 0 aromatic heterocycles. The predicted octanol–water partition coefficient (Wildman–Crippen LogP) is 1.59. The van der Waals surface area contributed by atoms with Gasteiger partial charge < -0.3 is 33.2 Å². The molecule has 156 valence electrons. The third-order valence-electron chi connectivity index (χ3n) is 7.01. The van der Waals surface area contributed by atoms with Crippen molar-refractivity contribution in [2.75, 3.05) is 38.1 Å². The third kappa shape index (κ3) is 4.81. The monoisotopic (exact) mass is 502 g/mol. The van der Waals surface area contributed by atoms with Crippen LogP contribution in [0.5, 0.6) is 0 Å². The van der Waals surface area contributed by atoms with Gasteiger partial charge in [-0.1, -0.05) is 31.4 Å². The van der Waals surface area contributed by atoms with Crippen LogP contribution in [0.2, 0.25) is 0 Å². The number of rotatable bonds is 4. The minimum absolute atomic E-state index is 0. The van der Waals surface area contributed by atoms with Gasteiger partial charge in [0.1, 0.15) is 12.4 Å². The molecule has 1 aromatic carbocycles. The molecule has 6 heteroatoms. The van der Waals surface area contributed by atoms with E-state index in [-0.39, 0.29) is 42.0 Å². The summed E-state index contributed by atoms with van der Waals surface area (Å²) >= 11 is 0. The largest absolute Gasteiger partial charge is 1.00 e. The van der Waals surface area contributed by atoms with Crippen LogP contribution in [-0.2, 0) is 4.74 Å².